The molecule has 0 fully saturated rings. The molecule has 122 valence electrons. The second-order valence-corrected chi connectivity index (χ2v) is 4.68. The van der Waals surface area contributed by atoms with E-state index in [1.165, 1.54) is 18.2 Å². The molecular formula is C17H14N2O5. The molecular weight excluding hydrogens is 312 g/mol. The molecule has 0 bridgehead atoms. The van der Waals surface area contributed by atoms with Gasteiger partial charge in [0, 0.05) is 17.7 Å². The highest BCUT2D eigenvalue weighted by molar-refractivity contribution is 5.67. The van der Waals surface area contributed by atoms with Crippen LogP contribution in [0.2, 0.25) is 0 Å². The minimum absolute atomic E-state index is 0.0470. The van der Waals surface area contributed by atoms with E-state index in [0.29, 0.717) is 5.56 Å². The molecule has 1 amide bonds. The number of phenols is 1. The molecule has 2 rings (SSSR count). The van der Waals surface area contributed by atoms with Gasteiger partial charge in [0.05, 0.1) is 11.5 Å². The summed E-state index contributed by atoms with van der Waals surface area (Å²) in [6, 6.07) is 13.0. The molecule has 0 aliphatic heterocycles. The summed E-state index contributed by atoms with van der Waals surface area (Å²) in [4.78, 5) is 21.4. The largest absolute Gasteiger partial charge is 0.502 e. The van der Waals surface area contributed by atoms with Crippen molar-refractivity contribution < 1.29 is 19.6 Å². The number of nitro benzene ring substituents is 1. The van der Waals surface area contributed by atoms with Gasteiger partial charge in [-0.2, -0.15) is 0 Å². The first-order chi connectivity index (χ1) is 11.6. The molecule has 7 heteroatoms. The number of aromatic hydroxyl groups is 1. The summed E-state index contributed by atoms with van der Waals surface area (Å²) in [5.74, 6) is 4.89. The van der Waals surface area contributed by atoms with E-state index in [1.54, 1.807) is 0 Å². The smallest absolute Gasteiger partial charge is 0.408 e. The van der Waals surface area contributed by atoms with Crippen molar-refractivity contribution in [3.8, 4) is 17.6 Å². The van der Waals surface area contributed by atoms with Crippen molar-refractivity contribution in [1.82, 2.24) is 5.32 Å². The van der Waals surface area contributed by atoms with Crippen LogP contribution in [0.4, 0.5) is 10.5 Å². The lowest BCUT2D eigenvalue weighted by Crippen LogP contribution is -2.24. The van der Waals surface area contributed by atoms with Crippen LogP contribution in [0.3, 0.4) is 0 Å². The maximum Gasteiger partial charge on any atom is 0.408 e. The summed E-state index contributed by atoms with van der Waals surface area (Å²) < 4.78 is 5.01. The number of benzene rings is 2. The van der Waals surface area contributed by atoms with E-state index in [-0.39, 0.29) is 18.8 Å². The van der Waals surface area contributed by atoms with Crippen molar-refractivity contribution >= 4 is 11.8 Å². The summed E-state index contributed by atoms with van der Waals surface area (Å²) in [5.41, 5.74) is 0.890. The molecule has 0 unspecified atom stereocenters. The fourth-order valence-corrected chi connectivity index (χ4v) is 1.79. The lowest BCUT2D eigenvalue weighted by Gasteiger charge is -2.04. The number of alkyl carbamates (subject to hydrolysis) is 1. The quantitative estimate of drug-likeness (QED) is 0.511. The summed E-state index contributed by atoms with van der Waals surface area (Å²) in [7, 11) is 0. The van der Waals surface area contributed by atoms with Gasteiger partial charge in [-0.05, 0) is 11.6 Å². The molecule has 0 saturated carbocycles. The van der Waals surface area contributed by atoms with Gasteiger partial charge in [0.25, 0.3) is 0 Å². The maximum absolute atomic E-state index is 11.5. The maximum atomic E-state index is 11.5. The van der Waals surface area contributed by atoms with Crippen LogP contribution in [0.5, 0.6) is 5.75 Å². The SMILES string of the molecule is O=C(NCC#Cc1ccc([N+](=O)[O-])c(O)c1)OCc1ccccc1. The molecule has 0 aromatic heterocycles. The molecule has 0 atom stereocenters. The Morgan fingerprint density at radius 3 is 2.67 bits per heavy atom. The summed E-state index contributed by atoms with van der Waals surface area (Å²) in [5, 5.41) is 22.5. The Morgan fingerprint density at radius 1 is 1.25 bits per heavy atom. The molecule has 0 spiro atoms. The monoisotopic (exact) mass is 326 g/mol. The van der Waals surface area contributed by atoms with E-state index < -0.39 is 16.8 Å². The first-order valence-corrected chi connectivity index (χ1v) is 6.97. The van der Waals surface area contributed by atoms with Crippen LogP contribution in [0.25, 0.3) is 0 Å². The van der Waals surface area contributed by atoms with Crippen molar-refractivity contribution in [3.05, 3.63) is 69.8 Å². The standard InChI is InChI=1S/C17H14N2O5/c20-16-11-13(8-9-15(16)19(22)23)7-4-10-18-17(21)24-12-14-5-2-1-3-6-14/h1-3,5-6,8-9,11,20H,10,12H2,(H,18,21). The summed E-state index contributed by atoms with van der Waals surface area (Å²) in [6.07, 6.45) is -0.598. The zero-order chi connectivity index (χ0) is 17.4. The Balaban J connectivity index is 1.80. The predicted molar refractivity (Wildman–Crippen MR) is 86.3 cm³/mol. The van der Waals surface area contributed by atoms with E-state index in [4.69, 9.17) is 4.74 Å². The van der Waals surface area contributed by atoms with E-state index in [0.717, 1.165) is 5.56 Å². The van der Waals surface area contributed by atoms with Gasteiger partial charge in [0.2, 0.25) is 0 Å². The number of carbonyl (C=O) groups is 1. The van der Waals surface area contributed by atoms with Crippen molar-refractivity contribution in [2.24, 2.45) is 0 Å². The average molecular weight is 326 g/mol. The zero-order valence-corrected chi connectivity index (χ0v) is 12.6. The third-order valence-corrected chi connectivity index (χ3v) is 2.94. The van der Waals surface area contributed by atoms with Gasteiger partial charge in [0.1, 0.15) is 6.61 Å². The number of carbonyl (C=O) groups excluding carboxylic acids is 1. The molecule has 7 nitrogen and oxygen atoms in total. The van der Waals surface area contributed by atoms with Gasteiger partial charge >= 0.3 is 11.8 Å². The van der Waals surface area contributed by atoms with E-state index >= 15 is 0 Å². The summed E-state index contributed by atoms with van der Waals surface area (Å²) in [6.45, 7) is 0.210. The Kier molecular flexibility index (Phi) is 5.75. The number of ether oxygens (including phenoxy) is 1. The highest BCUT2D eigenvalue weighted by Crippen LogP contribution is 2.25. The molecule has 0 saturated heterocycles. The second kappa shape index (κ2) is 8.19. The molecule has 2 aromatic carbocycles. The molecule has 0 aliphatic rings. The van der Waals surface area contributed by atoms with Crippen LogP contribution >= 0.6 is 0 Å². The Hall–Kier alpha value is -3.53. The van der Waals surface area contributed by atoms with Crippen molar-refractivity contribution in [2.75, 3.05) is 6.54 Å². The van der Waals surface area contributed by atoms with Crippen LogP contribution in [-0.4, -0.2) is 22.7 Å². The minimum atomic E-state index is -0.684. The Morgan fingerprint density at radius 2 is 2.00 bits per heavy atom. The van der Waals surface area contributed by atoms with Crippen LogP contribution < -0.4 is 5.32 Å². The number of nitrogens with one attached hydrogen (secondary N) is 1. The lowest BCUT2D eigenvalue weighted by atomic mass is 10.2. The van der Waals surface area contributed by atoms with Crippen molar-refractivity contribution in [3.63, 3.8) is 0 Å². The number of hydrogen-bond donors (Lipinski definition) is 2. The summed E-state index contributed by atoms with van der Waals surface area (Å²) >= 11 is 0. The van der Waals surface area contributed by atoms with E-state index in [9.17, 15) is 20.0 Å². The van der Waals surface area contributed by atoms with Gasteiger partial charge in [-0.3, -0.25) is 10.1 Å². The third-order valence-electron chi connectivity index (χ3n) is 2.94. The third kappa shape index (κ3) is 5.03. The van der Waals surface area contributed by atoms with Gasteiger partial charge in [-0.15, -0.1) is 0 Å². The molecule has 0 aliphatic carbocycles. The Labute approximate surface area is 138 Å². The van der Waals surface area contributed by atoms with Crippen LogP contribution in [0.15, 0.2) is 48.5 Å². The first-order valence-electron chi connectivity index (χ1n) is 6.97. The second-order valence-electron chi connectivity index (χ2n) is 4.68. The molecule has 0 heterocycles. The Bertz CT molecular complexity index is 794. The predicted octanol–water partition coefficient (Wildman–Crippen LogP) is 2.58. The van der Waals surface area contributed by atoms with Crippen molar-refractivity contribution in [1.29, 1.82) is 0 Å². The van der Waals surface area contributed by atoms with Crippen LogP contribution in [-0.2, 0) is 11.3 Å². The topological polar surface area (TPSA) is 102 Å². The van der Waals surface area contributed by atoms with Gasteiger partial charge in [-0.1, -0.05) is 42.2 Å². The minimum Gasteiger partial charge on any atom is -0.502 e. The van der Waals surface area contributed by atoms with Gasteiger partial charge in [-0.25, -0.2) is 4.79 Å². The number of nitro groups is 1. The fourth-order valence-electron chi connectivity index (χ4n) is 1.79. The van der Waals surface area contributed by atoms with E-state index in [1.807, 2.05) is 30.3 Å². The fraction of sp³-hybridized carbons (Fsp3) is 0.118. The first kappa shape index (κ1) is 16.8. The highest BCUT2D eigenvalue weighted by Gasteiger charge is 2.11. The number of hydrogen-bond acceptors (Lipinski definition) is 5. The zero-order valence-electron chi connectivity index (χ0n) is 12.6. The molecule has 0 radical (unpaired) electrons. The van der Waals surface area contributed by atoms with Crippen LogP contribution in [0.1, 0.15) is 11.1 Å². The van der Waals surface area contributed by atoms with Crippen LogP contribution in [0, 0.1) is 22.0 Å². The highest BCUT2D eigenvalue weighted by atomic mass is 16.6. The van der Waals surface area contributed by atoms with Gasteiger partial charge in [0.15, 0.2) is 5.75 Å². The molecule has 24 heavy (non-hydrogen) atoms. The molecule has 2 aromatic rings. The van der Waals surface area contributed by atoms with E-state index in [2.05, 4.69) is 17.2 Å². The van der Waals surface area contributed by atoms with Gasteiger partial charge < -0.3 is 15.2 Å². The number of phenolic OH excluding ortho intramolecular Hbond substituents is 1. The normalized spacial score (nSPS) is 9.50. The van der Waals surface area contributed by atoms with Crippen molar-refractivity contribution in [2.45, 2.75) is 6.61 Å². The average Bonchev–Trinajstić information content (AvgIpc) is 2.57. The number of nitrogens with zero attached hydrogens (tertiary/aromatic N) is 1. The number of rotatable bonds is 4. The number of amides is 1. The lowest BCUT2D eigenvalue weighted by molar-refractivity contribution is -0.385. The molecule has 2 N–H and O–H groups in total.